The summed E-state index contributed by atoms with van der Waals surface area (Å²) in [6.07, 6.45) is 7.91. The summed E-state index contributed by atoms with van der Waals surface area (Å²) in [5.74, 6) is -0.913. The van der Waals surface area contributed by atoms with Crippen molar-refractivity contribution in [2.75, 3.05) is 31.5 Å². The maximum atomic E-state index is 13.0. The van der Waals surface area contributed by atoms with E-state index in [2.05, 4.69) is 34.8 Å². The highest BCUT2D eigenvalue weighted by molar-refractivity contribution is 6.11. The Bertz CT molecular complexity index is 1350. The van der Waals surface area contributed by atoms with Crippen molar-refractivity contribution in [1.82, 2.24) is 19.3 Å². The number of nitrogens with zero attached hydrogens (tertiary/aromatic N) is 4. The third-order valence-corrected chi connectivity index (χ3v) is 6.27. The number of benzene rings is 1. The molecular weight excluding hydrogens is 484 g/mol. The second kappa shape index (κ2) is 12.9. The first-order valence-electron chi connectivity index (χ1n) is 12.7. The van der Waals surface area contributed by atoms with Crippen LogP contribution in [0.5, 0.6) is 0 Å². The number of carbonyl (C=O) groups excluding carboxylic acids is 2. The van der Waals surface area contributed by atoms with Crippen molar-refractivity contribution < 1.29 is 19.1 Å². The first-order valence-corrected chi connectivity index (χ1v) is 12.7. The highest BCUT2D eigenvalue weighted by Crippen LogP contribution is 2.33. The number of aryl methyl sites for hydroxylation is 3. The molecule has 0 bridgehead atoms. The lowest BCUT2D eigenvalue weighted by molar-refractivity contribution is -0.119. The van der Waals surface area contributed by atoms with Crippen molar-refractivity contribution in [2.24, 2.45) is 0 Å². The number of ether oxygens (including phenoxy) is 2. The molecule has 1 amide bonds. The number of pyridine rings is 1. The van der Waals surface area contributed by atoms with Crippen LogP contribution in [0.1, 0.15) is 35.8 Å². The smallest absolute Gasteiger partial charge is 0.356 e. The summed E-state index contributed by atoms with van der Waals surface area (Å²) >= 11 is 0. The van der Waals surface area contributed by atoms with Crippen molar-refractivity contribution in [3.63, 3.8) is 0 Å². The molecule has 38 heavy (non-hydrogen) atoms. The van der Waals surface area contributed by atoms with Gasteiger partial charge in [0, 0.05) is 44.0 Å². The van der Waals surface area contributed by atoms with Gasteiger partial charge in [-0.3, -0.25) is 9.48 Å². The highest BCUT2D eigenvalue weighted by atomic mass is 16.5. The van der Waals surface area contributed by atoms with Gasteiger partial charge in [-0.1, -0.05) is 30.3 Å². The van der Waals surface area contributed by atoms with Gasteiger partial charge in [-0.15, -0.1) is 0 Å². The minimum Gasteiger partial charge on any atom is -0.464 e. The highest BCUT2D eigenvalue weighted by Gasteiger charge is 2.26. The zero-order chi connectivity index (χ0) is 26.9. The molecule has 0 aliphatic heterocycles. The zero-order valence-corrected chi connectivity index (χ0v) is 22.0. The average molecular weight is 519 g/mol. The van der Waals surface area contributed by atoms with Gasteiger partial charge in [0.25, 0.3) is 0 Å². The fourth-order valence-electron chi connectivity index (χ4n) is 4.47. The van der Waals surface area contributed by atoms with E-state index in [1.807, 2.05) is 45.8 Å². The van der Waals surface area contributed by atoms with Crippen LogP contribution in [0.3, 0.4) is 0 Å². The van der Waals surface area contributed by atoms with Gasteiger partial charge >= 0.3 is 5.97 Å². The average Bonchev–Trinajstić information content (AvgIpc) is 3.54. The standard InChI is InChI=1S/C28H34N6O4/c1-20(12-16-33-14-8-13-30-33)31-22-17-23-25(32-24(35)19-37-2)26(28(36)38-3)34(27(23)29-18-22)15-7-11-21-9-5-4-6-10-21/h4-6,8-10,13-14,17-18,20,31H,7,11-12,15-16,19H2,1-3H3,(H,32,35)/t20-/m0/s1. The number of aromatic nitrogens is 4. The molecule has 0 aliphatic rings. The maximum absolute atomic E-state index is 13.0. The Hall–Kier alpha value is -4.18. The van der Waals surface area contributed by atoms with Crippen LogP contribution in [-0.4, -0.2) is 58.1 Å². The first kappa shape index (κ1) is 26.9. The molecule has 1 aromatic carbocycles. The van der Waals surface area contributed by atoms with Gasteiger partial charge in [0.2, 0.25) is 5.91 Å². The third kappa shape index (κ3) is 6.57. The van der Waals surface area contributed by atoms with Gasteiger partial charge in [-0.05, 0) is 43.9 Å². The van der Waals surface area contributed by atoms with Gasteiger partial charge in [0.05, 0.1) is 24.7 Å². The molecule has 0 unspecified atom stereocenters. The lowest BCUT2D eigenvalue weighted by atomic mass is 10.1. The van der Waals surface area contributed by atoms with E-state index in [4.69, 9.17) is 14.5 Å². The Kier molecular flexibility index (Phi) is 9.10. The van der Waals surface area contributed by atoms with E-state index in [0.29, 0.717) is 23.3 Å². The SMILES string of the molecule is COCC(=O)Nc1c(C(=O)OC)n(CCCc2ccccc2)c2ncc(N[C@@H](C)CCn3cccn3)cc12. The fourth-order valence-corrected chi connectivity index (χ4v) is 4.47. The quantitative estimate of drug-likeness (QED) is 0.256. The monoisotopic (exact) mass is 518 g/mol. The van der Waals surface area contributed by atoms with Crippen LogP contribution < -0.4 is 10.6 Å². The van der Waals surface area contributed by atoms with Gasteiger partial charge in [-0.25, -0.2) is 9.78 Å². The van der Waals surface area contributed by atoms with E-state index in [9.17, 15) is 9.59 Å². The molecule has 0 radical (unpaired) electrons. The van der Waals surface area contributed by atoms with E-state index in [1.165, 1.54) is 19.8 Å². The van der Waals surface area contributed by atoms with Crippen LogP contribution in [0.25, 0.3) is 11.0 Å². The molecule has 1 atom stereocenters. The number of hydrogen-bond donors (Lipinski definition) is 2. The summed E-state index contributed by atoms with van der Waals surface area (Å²) in [4.78, 5) is 30.2. The predicted molar refractivity (Wildman–Crippen MR) is 146 cm³/mol. The number of carbonyl (C=O) groups is 2. The largest absolute Gasteiger partial charge is 0.464 e. The Morgan fingerprint density at radius 3 is 2.63 bits per heavy atom. The fraction of sp³-hybridized carbons (Fsp3) is 0.357. The van der Waals surface area contributed by atoms with Crippen LogP contribution in [0.15, 0.2) is 61.1 Å². The van der Waals surface area contributed by atoms with Crippen LogP contribution in [0, 0.1) is 0 Å². The molecule has 0 saturated heterocycles. The Balaban J connectivity index is 1.65. The molecule has 0 fully saturated rings. The summed E-state index contributed by atoms with van der Waals surface area (Å²) in [5.41, 5.74) is 3.22. The van der Waals surface area contributed by atoms with Gasteiger partial charge in [0.1, 0.15) is 12.3 Å². The molecule has 0 saturated carbocycles. The second-order valence-electron chi connectivity index (χ2n) is 9.14. The molecule has 4 aromatic rings. The molecule has 3 aromatic heterocycles. The van der Waals surface area contributed by atoms with Gasteiger partial charge in [0.15, 0.2) is 5.69 Å². The number of rotatable bonds is 13. The number of methoxy groups -OCH3 is 2. The lowest BCUT2D eigenvalue weighted by Gasteiger charge is -2.15. The number of nitrogens with one attached hydrogen (secondary N) is 2. The predicted octanol–water partition coefficient (Wildman–Crippen LogP) is 4.13. The van der Waals surface area contributed by atoms with Crippen molar-refractivity contribution in [3.05, 3.63) is 72.3 Å². The van der Waals surface area contributed by atoms with E-state index < -0.39 is 5.97 Å². The number of fused-ring (bicyclic) bond motifs is 1. The van der Waals surface area contributed by atoms with Crippen molar-refractivity contribution in [3.8, 4) is 0 Å². The third-order valence-electron chi connectivity index (χ3n) is 6.27. The molecule has 0 aliphatic carbocycles. The van der Waals surface area contributed by atoms with E-state index in [1.54, 1.807) is 12.4 Å². The topological polar surface area (TPSA) is 112 Å². The van der Waals surface area contributed by atoms with E-state index >= 15 is 0 Å². The molecule has 10 heteroatoms. The molecule has 2 N–H and O–H groups in total. The number of hydrogen-bond acceptors (Lipinski definition) is 7. The van der Waals surface area contributed by atoms with Crippen LogP contribution in [0.2, 0.25) is 0 Å². The minimum atomic E-state index is -0.544. The van der Waals surface area contributed by atoms with Crippen molar-refractivity contribution in [2.45, 2.75) is 45.3 Å². The normalized spacial score (nSPS) is 11.9. The Morgan fingerprint density at radius 2 is 1.92 bits per heavy atom. The Labute approximate surface area is 222 Å². The van der Waals surface area contributed by atoms with Crippen molar-refractivity contribution in [1.29, 1.82) is 0 Å². The Morgan fingerprint density at radius 1 is 1.11 bits per heavy atom. The number of esters is 1. The van der Waals surface area contributed by atoms with Crippen LogP contribution >= 0.6 is 0 Å². The van der Waals surface area contributed by atoms with E-state index in [-0.39, 0.29) is 24.2 Å². The molecule has 0 spiro atoms. The van der Waals surface area contributed by atoms with Crippen LogP contribution in [-0.2, 0) is 33.8 Å². The van der Waals surface area contributed by atoms with Gasteiger partial charge in [-0.2, -0.15) is 5.10 Å². The zero-order valence-electron chi connectivity index (χ0n) is 22.0. The molecule has 4 rings (SSSR count). The van der Waals surface area contributed by atoms with E-state index in [0.717, 1.165) is 31.5 Å². The van der Waals surface area contributed by atoms with Gasteiger partial charge < -0.3 is 24.7 Å². The second-order valence-corrected chi connectivity index (χ2v) is 9.14. The van der Waals surface area contributed by atoms with Crippen molar-refractivity contribution >= 4 is 34.3 Å². The number of anilines is 2. The molecule has 3 heterocycles. The summed E-state index contributed by atoms with van der Waals surface area (Å²) in [7, 11) is 2.78. The van der Waals surface area contributed by atoms with Crippen LogP contribution in [0.4, 0.5) is 11.4 Å². The summed E-state index contributed by atoms with van der Waals surface area (Å²) in [5, 5.41) is 11.2. The minimum absolute atomic E-state index is 0.137. The number of amides is 1. The molecule has 200 valence electrons. The molecular formula is C28H34N6O4. The lowest BCUT2D eigenvalue weighted by Crippen LogP contribution is -2.20. The first-order chi connectivity index (χ1) is 18.5. The maximum Gasteiger partial charge on any atom is 0.356 e. The summed E-state index contributed by atoms with van der Waals surface area (Å²) in [6, 6.07) is 14.1. The molecule has 10 nitrogen and oxygen atoms in total. The summed E-state index contributed by atoms with van der Waals surface area (Å²) in [6.45, 7) is 3.25. The summed E-state index contributed by atoms with van der Waals surface area (Å²) < 4.78 is 13.8.